The number of aromatic nitrogens is 2. The minimum Gasteiger partial charge on any atom is -0.383 e. The zero-order valence-corrected chi connectivity index (χ0v) is 14.3. The second-order valence-corrected chi connectivity index (χ2v) is 6.39. The van der Waals surface area contributed by atoms with Crippen molar-refractivity contribution < 1.29 is 4.74 Å². The van der Waals surface area contributed by atoms with Crippen molar-refractivity contribution in [2.24, 2.45) is 0 Å². The van der Waals surface area contributed by atoms with Gasteiger partial charge in [-0.15, -0.1) is 0 Å². The van der Waals surface area contributed by atoms with E-state index in [1.165, 1.54) is 11.3 Å². The van der Waals surface area contributed by atoms with Gasteiger partial charge in [-0.3, -0.25) is 0 Å². The first-order chi connectivity index (χ1) is 12.4. The summed E-state index contributed by atoms with van der Waals surface area (Å²) in [5.74, 6) is 0.425. The van der Waals surface area contributed by atoms with Crippen LogP contribution in [-0.4, -0.2) is 29.3 Å². The number of nitrogens with zero attached hydrogens (tertiary/aromatic N) is 2. The van der Waals surface area contributed by atoms with Crippen LogP contribution in [0.4, 0.5) is 5.69 Å². The van der Waals surface area contributed by atoms with Crippen LogP contribution in [0, 0.1) is 0 Å². The Morgan fingerprint density at radius 2 is 1.80 bits per heavy atom. The van der Waals surface area contributed by atoms with Gasteiger partial charge in [0.05, 0.1) is 24.3 Å². The number of hydrogen-bond acceptors (Lipinski definition) is 3. The molecular weight excluding hydrogens is 310 g/mol. The van der Waals surface area contributed by atoms with Crippen LogP contribution in [0.2, 0.25) is 0 Å². The molecule has 1 fully saturated rings. The Morgan fingerprint density at radius 1 is 1.04 bits per heavy atom. The van der Waals surface area contributed by atoms with Crippen molar-refractivity contribution in [3.63, 3.8) is 0 Å². The molecule has 0 amide bonds. The van der Waals surface area contributed by atoms with Crippen LogP contribution in [0.5, 0.6) is 0 Å². The molecule has 4 nitrogen and oxygen atoms in total. The van der Waals surface area contributed by atoms with Gasteiger partial charge in [-0.05, 0) is 18.6 Å². The molecule has 0 radical (unpaired) electrons. The maximum absolute atomic E-state index is 5.64. The van der Waals surface area contributed by atoms with Crippen molar-refractivity contribution in [1.29, 1.82) is 0 Å². The first-order valence-electron chi connectivity index (χ1n) is 8.89. The molecule has 0 saturated carbocycles. The average molecular weight is 333 g/mol. The van der Waals surface area contributed by atoms with Gasteiger partial charge in [-0.2, -0.15) is 0 Å². The van der Waals surface area contributed by atoms with Crippen LogP contribution >= 0.6 is 0 Å². The molecule has 0 spiro atoms. The smallest absolute Gasteiger partial charge is 0.0956 e. The van der Waals surface area contributed by atoms with Gasteiger partial charge in [0, 0.05) is 36.9 Å². The largest absolute Gasteiger partial charge is 0.383 e. The first kappa shape index (κ1) is 15.9. The van der Waals surface area contributed by atoms with E-state index in [1.807, 2.05) is 30.6 Å². The standard InChI is InChI=1S/C21H23N3O/c1-3-7-17(8-4-1)20-21(18-11-14-25-15-18)24(16-23-20)13-12-22-19-9-5-2-6-10-19/h1-10,16,18,22H,11-15H2/t18-/m1/s1. The molecule has 1 saturated heterocycles. The van der Waals surface area contributed by atoms with Crippen LogP contribution in [0.25, 0.3) is 11.3 Å². The number of anilines is 1. The Bertz CT molecular complexity index is 793. The normalized spacial score (nSPS) is 16.9. The summed E-state index contributed by atoms with van der Waals surface area (Å²) in [5.41, 5.74) is 4.73. The monoisotopic (exact) mass is 333 g/mol. The SMILES string of the molecule is c1ccc(NCCn2cnc(-c3ccccc3)c2[C@@H]2CCOC2)cc1. The molecule has 25 heavy (non-hydrogen) atoms. The van der Waals surface area contributed by atoms with Gasteiger partial charge in [0.15, 0.2) is 0 Å². The Balaban J connectivity index is 1.56. The Kier molecular flexibility index (Phi) is 4.79. The van der Waals surface area contributed by atoms with E-state index in [0.29, 0.717) is 5.92 Å². The number of benzene rings is 2. The van der Waals surface area contributed by atoms with Crippen molar-refractivity contribution in [3.05, 3.63) is 72.7 Å². The fraction of sp³-hybridized carbons (Fsp3) is 0.286. The van der Waals surface area contributed by atoms with E-state index in [0.717, 1.165) is 44.1 Å². The number of ether oxygens (including phenoxy) is 1. The highest BCUT2D eigenvalue weighted by Gasteiger charge is 2.25. The summed E-state index contributed by atoms with van der Waals surface area (Å²) in [6.45, 7) is 3.39. The summed E-state index contributed by atoms with van der Waals surface area (Å²) < 4.78 is 7.93. The molecule has 2 aromatic carbocycles. The molecule has 128 valence electrons. The van der Waals surface area contributed by atoms with E-state index in [2.05, 4.69) is 46.3 Å². The fourth-order valence-corrected chi connectivity index (χ4v) is 3.44. The van der Waals surface area contributed by atoms with Crippen LogP contribution in [0.15, 0.2) is 67.0 Å². The van der Waals surface area contributed by atoms with Gasteiger partial charge in [0.1, 0.15) is 0 Å². The molecule has 0 aliphatic carbocycles. The number of para-hydroxylation sites is 1. The highest BCUT2D eigenvalue weighted by Crippen LogP contribution is 2.33. The second-order valence-electron chi connectivity index (χ2n) is 6.39. The lowest BCUT2D eigenvalue weighted by Gasteiger charge is -2.15. The van der Waals surface area contributed by atoms with E-state index < -0.39 is 0 Å². The van der Waals surface area contributed by atoms with Crippen molar-refractivity contribution in [3.8, 4) is 11.3 Å². The first-order valence-corrected chi connectivity index (χ1v) is 8.89. The van der Waals surface area contributed by atoms with Gasteiger partial charge >= 0.3 is 0 Å². The van der Waals surface area contributed by atoms with Gasteiger partial charge in [0.2, 0.25) is 0 Å². The van der Waals surface area contributed by atoms with Crippen molar-refractivity contribution in [2.45, 2.75) is 18.9 Å². The minimum atomic E-state index is 0.425. The van der Waals surface area contributed by atoms with Crippen LogP contribution in [0.3, 0.4) is 0 Å². The Labute approximate surface area is 148 Å². The van der Waals surface area contributed by atoms with E-state index in [9.17, 15) is 0 Å². The molecule has 2 heterocycles. The third-order valence-corrected chi connectivity index (χ3v) is 4.70. The fourth-order valence-electron chi connectivity index (χ4n) is 3.44. The van der Waals surface area contributed by atoms with Crippen molar-refractivity contribution in [1.82, 2.24) is 9.55 Å². The molecule has 0 unspecified atom stereocenters. The molecule has 1 aromatic heterocycles. The summed E-state index contributed by atoms with van der Waals surface area (Å²) in [5, 5.41) is 3.48. The quantitative estimate of drug-likeness (QED) is 0.736. The highest BCUT2D eigenvalue weighted by atomic mass is 16.5. The van der Waals surface area contributed by atoms with Crippen molar-refractivity contribution in [2.75, 3.05) is 25.1 Å². The maximum atomic E-state index is 5.64. The lowest BCUT2D eigenvalue weighted by Crippen LogP contribution is -2.14. The molecule has 4 heteroatoms. The summed E-state index contributed by atoms with van der Waals surface area (Å²) in [4.78, 5) is 4.74. The van der Waals surface area contributed by atoms with Crippen LogP contribution in [-0.2, 0) is 11.3 Å². The van der Waals surface area contributed by atoms with E-state index >= 15 is 0 Å². The van der Waals surface area contributed by atoms with E-state index in [4.69, 9.17) is 9.72 Å². The third kappa shape index (κ3) is 3.59. The van der Waals surface area contributed by atoms with E-state index in [-0.39, 0.29) is 0 Å². The van der Waals surface area contributed by atoms with Crippen molar-refractivity contribution >= 4 is 5.69 Å². The molecule has 1 aliphatic rings. The number of imidazole rings is 1. The topological polar surface area (TPSA) is 39.1 Å². The average Bonchev–Trinajstić information content (AvgIpc) is 3.33. The molecule has 4 rings (SSSR count). The predicted molar refractivity (Wildman–Crippen MR) is 101 cm³/mol. The molecule has 1 N–H and O–H groups in total. The summed E-state index contributed by atoms with van der Waals surface area (Å²) >= 11 is 0. The van der Waals surface area contributed by atoms with Gasteiger partial charge in [0.25, 0.3) is 0 Å². The Hall–Kier alpha value is -2.59. The van der Waals surface area contributed by atoms with Gasteiger partial charge < -0.3 is 14.6 Å². The van der Waals surface area contributed by atoms with E-state index in [1.54, 1.807) is 0 Å². The third-order valence-electron chi connectivity index (χ3n) is 4.70. The molecule has 0 bridgehead atoms. The molecule has 1 aliphatic heterocycles. The van der Waals surface area contributed by atoms with Gasteiger partial charge in [-0.25, -0.2) is 4.98 Å². The number of hydrogen-bond donors (Lipinski definition) is 1. The van der Waals surface area contributed by atoms with Crippen LogP contribution < -0.4 is 5.32 Å². The zero-order valence-electron chi connectivity index (χ0n) is 14.3. The summed E-state index contributed by atoms with van der Waals surface area (Å²) in [7, 11) is 0. The highest BCUT2D eigenvalue weighted by molar-refractivity contribution is 5.62. The van der Waals surface area contributed by atoms with Gasteiger partial charge in [-0.1, -0.05) is 48.5 Å². The summed E-state index contributed by atoms with van der Waals surface area (Å²) in [6, 6.07) is 20.8. The lowest BCUT2D eigenvalue weighted by atomic mass is 9.99. The lowest BCUT2D eigenvalue weighted by molar-refractivity contribution is 0.193. The Morgan fingerprint density at radius 3 is 2.52 bits per heavy atom. The number of nitrogens with one attached hydrogen (secondary N) is 1. The maximum Gasteiger partial charge on any atom is 0.0956 e. The predicted octanol–water partition coefficient (Wildman–Crippen LogP) is 4.17. The minimum absolute atomic E-state index is 0.425. The summed E-state index contributed by atoms with van der Waals surface area (Å²) in [6.07, 6.45) is 3.04. The molecule has 1 atom stereocenters. The molecular formula is C21H23N3O. The zero-order chi connectivity index (χ0) is 16.9. The number of rotatable bonds is 6. The second kappa shape index (κ2) is 7.53. The van der Waals surface area contributed by atoms with Crippen LogP contribution in [0.1, 0.15) is 18.0 Å². The molecule has 3 aromatic rings.